The summed E-state index contributed by atoms with van der Waals surface area (Å²) in [6.45, 7) is 7.94. The second-order valence-electron chi connectivity index (χ2n) is 9.42. The zero-order chi connectivity index (χ0) is 25.4. The van der Waals surface area contributed by atoms with Crippen molar-refractivity contribution in [1.82, 2.24) is 15.1 Å². The van der Waals surface area contributed by atoms with E-state index < -0.39 is 6.04 Å². The maximum atomic E-state index is 13.4. The molecule has 1 aliphatic rings. The maximum Gasteiger partial charge on any atom is 0.252 e. The summed E-state index contributed by atoms with van der Waals surface area (Å²) in [4.78, 5) is 42.7. The van der Waals surface area contributed by atoms with Gasteiger partial charge in [-0.1, -0.05) is 44.2 Å². The van der Waals surface area contributed by atoms with E-state index >= 15 is 0 Å². The molecule has 188 valence electrons. The molecule has 3 amide bonds. The number of benzene rings is 2. The van der Waals surface area contributed by atoms with E-state index in [1.807, 2.05) is 68.1 Å². The molecule has 35 heavy (non-hydrogen) atoms. The van der Waals surface area contributed by atoms with Crippen LogP contribution < -0.4 is 10.1 Å². The number of nitrogens with zero attached hydrogens (tertiary/aromatic N) is 2. The Morgan fingerprint density at radius 1 is 0.943 bits per heavy atom. The number of methoxy groups -OCH3 is 1. The van der Waals surface area contributed by atoms with Gasteiger partial charge in [-0.3, -0.25) is 14.4 Å². The predicted octanol–water partition coefficient (Wildman–Crippen LogP) is 3.45. The standard InChI is InChI=1S/C28H37N3O4/c1-20(2)26(29-27(33)24-9-6-5-8-21(24)3)28(34)31-17-7-16-30(18-19-31)25(32)15-12-22-10-13-23(35-4)14-11-22/h5-6,8-11,13-14,20,26H,7,12,15-19H2,1-4H3,(H,29,33). The molecule has 7 heteroatoms. The molecule has 2 aromatic carbocycles. The van der Waals surface area contributed by atoms with Crippen LogP contribution >= 0.6 is 0 Å². The van der Waals surface area contributed by atoms with E-state index in [-0.39, 0.29) is 23.6 Å². The van der Waals surface area contributed by atoms with Gasteiger partial charge in [0.2, 0.25) is 11.8 Å². The van der Waals surface area contributed by atoms with Gasteiger partial charge in [0, 0.05) is 38.2 Å². The number of hydrogen-bond donors (Lipinski definition) is 1. The minimum Gasteiger partial charge on any atom is -0.497 e. The molecule has 1 atom stereocenters. The van der Waals surface area contributed by atoms with Gasteiger partial charge in [0.25, 0.3) is 5.91 Å². The summed E-state index contributed by atoms with van der Waals surface area (Å²) in [5.41, 5.74) is 2.55. The number of amides is 3. The first-order valence-electron chi connectivity index (χ1n) is 12.4. The zero-order valence-corrected chi connectivity index (χ0v) is 21.3. The van der Waals surface area contributed by atoms with Crippen molar-refractivity contribution >= 4 is 17.7 Å². The first-order valence-corrected chi connectivity index (χ1v) is 12.4. The third kappa shape index (κ3) is 7.07. The molecule has 0 radical (unpaired) electrons. The van der Waals surface area contributed by atoms with Crippen molar-refractivity contribution in [2.75, 3.05) is 33.3 Å². The van der Waals surface area contributed by atoms with Crippen LogP contribution in [0.1, 0.15) is 48.2 Å². The molecule has 3 rings (SSSR count). The number of carbonyl (C=O) groups excluding carboxylic acids is 3. The Kier molecular flexibility index (Phi) is 9.29. The minimum absolute atomic E-state index is 0.0547. The summed E-state index contributed by atoms with van der Waals surface area (Å²) in [5, 5.41) is 2.95. The van der Waals surface area contributed by atoms with Gasteiger partial charge in [-0.15, -0.1) is 0 Å². The Morgan fingerprint density at radius 2 is 1.60 bits per heavy atom. The fourth-order valence-corrected chi connectivity index (χ4v) is 4.35. The van der Waals surface area contributed by atoms with Crippen molar-refractivity contribution in [2.24, 2.45) is 5.92 Å². The normalized spacial score (nSPS) is 14.9. The summed E-state index contributed by atoms with van der Waals surface area (Å²) in [7, 11) is 1.63. The molecule has 0 bridgehead atoms. The van der Waals surface area contributed by atoms with Crippen molar-refractivity contribution in [3.8, 4) is 5.75 Å². The smallest absolute Gasteiger partial charge is 0.252 e. The lowest BCUT2D eigenvalue weighted by atomic mass is 10.0. The van der Waals surface area contributed by atoms with Crippen LogP contribution in [0.4, 0.5) is 0 Å². The second-order valence-corrected chi connectivity index (χ2v) is 9.42. The number of carbonyl (C=O) groups is 3. The van der Waals surface area contributed by atoms with Crippen LogP contribution in [0.15, 0.2) is 48.5 Å². The van der Waals surface area contributed by atoms with E-state index in [0.29, 0.717) is 44.6 Å². The van der Waals surface area contributed by atoms with Crippen molar-refractivity contribution in [2.45, 2.75) is 46.1 Å². The molecule has 1 fully saturated rings. The first kappa shape index (κ1) is 26.3. The maximum absolute atomic E-state index is 13.4. The molecular weight excluding hydrogens is 442 g/mol. The van der Waals surface area contributed by atoms with Gasteiger partial charge in [0.15, 0.2) is 0 Å². The van der Waals surface area contributed by atoms with Crippen molar-refractivity contribution in [3.05, 3.63) is 65.2 Å². The molecular formula is C28H37N3O4. The summed E-state index contributed by atoms with van der Waals surface area (Å²) in [6, 6.07) is 14.5. The van der Waals surface area contributed by atoms with Crippen LogP contribution in [0.2, 0.25) is 0 Å². The predicted molar refractivity (Wildman–Crippen MR) is 136 cm³/mol. The highest BCUT2D eigenvalue weighted by Crippen LogP contribution is 2.15. The Balaban J connectivity index is 1.56. The van der Waals surface area contributed by atoms with Crippen molar-refractivity contribution in [3.63, 3.8) is 0 Å². The molecule has 1 N–H and O–H groups in total. The van der Waals surface area contributed by atoms with Crippen LogP contribution in [0, 0.1) is 12.8 Å². The van der Waals surface area contributed by atoms with Crippen molar-refractivity contribution < 1.29 is 19.1 Å². The summed E-state index contributed by atoms with van der Waals surface area (Å²) in [6.07, 6.45) is 1.82. The molecule has 7 nitrogen and oxygen atoms in total. The monoisotopic (exact) mass is 479 g/mol. The van der Waals surface area contributed by atoms with Crippen molar-refractivity contribution in [1.29, 1.82) is 0 Å². The quantitative estimate of drug-likeness (QED) is 0.629. The van der Waals surface area contributed by atoms with Crippen LogP contribution in [0.5, 0.6) is 5.75 Å². The number of rotatable bonds is 8. The first-order chi connectivity index (χ1) is 16.8. The van der Waals surface area contributed by atoms with E-state index in [1.54, 1.807) is 18.1 Å². The third-order valence-electron chi connectivity index (χ3n) is 6.56. The lowest BCUT2D eigenvalue weighted by Gasteiger charge is -2.29. The molecule has 1 aliphatic heterocycles. The summed E-state index contributed by atoms with van der Waals surface area (Å²) < 4.78 is 5.18. The van der Waals surface area contributed by atoms with Crippen LogP contribution in [-0.4, -0.2) is 66.9 Å². The van der Waals surface area contributed by atoms with E-state index in [9.17, 15) is 14.4 Å². The van der Waals surface area contributed by atoms with E-state index in [2.05, 4.69) is 5.32 Å². The highest BCUT2D eigenvalue weighted by Gasteiger charge is 2.31. The fourth-order valence-electron chi connectivity index (χ4n) is 4.35. The molecule has 0 aromatic heterocycles. The minimum atomic E-state index is -0.612. The SMILES string of the molecule is COc1ccc(CCC(=O)N2CCCN(C(=O)C(NC(=O)c3ccccc3C)C(C)C)CC2)cc1. The van der Waals surface area contributed by atoms with Crippen LogP contribution in [0.25, 0.3) is 0 Å². The molecule has 1 heterocycles. The topological polar surface area (TPSA) is 79.0 Å². The Hall–Kier alpha value is -3.35. The second kappa shape index (κ2) is 12.4. The molecule has 1 unspecified atom stereocenters. The molecule has 0 saturated carbocycles. The van der Waals surface area contributed by atoms with Gasteiger partial charge in [0.05, 0.1) is 7.11 Å². The van der Waals surface area contributed by atoms with Gasteiger partial charge >= 0.3 is 0 Å². The zero-order valence-electron chi connectivity index (χ0n) is 21.3. The fraction of sp³-hybridized carbons (Fsp3) is 0.464. The largest absolute Gasteiger partial charge is 0.497 e. The summed E-state index contributed by atoms with van der Waals surface area (Å²) >= 11 is 0. The lowest BCUT2D eigenvalue weighted by molar-refractivity contribution is -0.135. The highest BCUT2D eigenvalue weighted by atomic mass is 16.5. The Morgan fingerprint density at radius 3 is 2.26 bits per heavy atom. The average molecular weight is 480 g/mol. The van der Waals surface area contributed by atoms with Crippen LogP contribution in [-0.2, 0) is 16.0 Å². The average Bonchev–Trinajstić information content (AvgIpc) is 3.12. The van der Waals surface area contributed by atoms with E-state index in [4.69, 9.17) is 4.74 Å². The molecule has 2 aromatic rings. The third-order valence-corrected chi connectivity index (χ3v) is 6.56. The lowest BCUT2D eigenvalue weighted by Crippen LogP contribution is -2.52. The molecule has 1 saturated heterocycles. The highest BCUT2D eigenvalue weighted by molar-refractivity contribution is 5.98. The van der Waals surface area contributed by atoms with Gasteiger partial charge < -0.3 is 19.9 Å². The number of ether oxygens (including phenoxy) is 1. The number of aryl methyl sites for hydroxylation is 2. The van der Waals surface area contributed by atoms with Gasteiger partial charge in [-0.2, -0.15) is 0 Å². The summed E-state index contributed by atoms with van der Waals surface area (Å²) in [5.74, 6) is 0.520. The molecule has 0 spiro atoms. The number of hydrogen-bond acceptors (Lipinski definition) is 4. The van der Waals surface area contributed by atoms with Gasteiger partial charge in [-0.05, 0) is 55.0 Å². The number of nitrogens with one attached hydrogen (secondary N) is 1. The van der Waals surface area contributed by atoms with E-state index in [1.165, 1.54) is 0 Å². The Bertz CT molecular complexity index is 1020. The molecule has 0 aliphatic carbocycles. The van der Waals surface area contributed by atoms with Gasteiger partial charge in [-0.25, -0.2) is 0 Å². The van der Waals surface area contributed by atoms with Crippen LogP contribution in [0.3, 0.4) is 0 Å². The van der Waals surface area contributed by atoms with Gasteiger partial charge in [0.1, 0.15) is 11.8 Å². The Labute approximate surface area is 208 Å². The van der Waals surface area contributed by atoms with E-state index in [0.717, 1.165) is 23.3 Å².